The van der Waals surface area contributed by atoms with Crippen molar-refractivity contribution in [1.29, 1.82) is 0 Å². The van der Waals surface area contributed by atoms with Gasteiger partial charge in [0.25, 0.3) is 5.91 Å². The monoisotopic (exact) mass is 287 g/mol. The molecule has 0 aliphatic heterocycles. The number of anilines is 1. The molecule has 2 rings (SSSR count). The Bertz CT molecular complexity index is 623. The van der Waals surface area contributed by atoms with Crippen LogP contribution >= 0.6 is 11.3 Å². The highest BCUT2D eigenvalue weighted by Crippen LogP contribution is 2.27. The van der Waals surface area contributed by atoms with Crippen LogP contribution in [0.25, 0.3) is 0 Å². The van der Waals surface area contributed by atoms with E-state index in [1.54, 1.807) is 11.3 Å². The van der Waals surface area contributed by atoms with Crippen molar-refractivity contribution in [2.24, 2.45) is 0 Å². The average molecular weight is 287 g/mol. The van der Waals surface area contributed by atoms with E-state index < -0.39 is 0 Å². The maximum atomic E-state index is 12.7. The minimum Gasteiger partial charge on any atom is -0.308 e. The van der Waals surface area contributed by atoms with E-state index in [2.05, 4.69) is 45.9 Å². The molecule has 20 heavy (non-hydrogen) atoms. The second-order valence-electron chi connectivity index (χ2n) is 5.19. The second-order valence-corrected chi connectivity index (χ2v) is 6.45. The summed E-state index contributed by atoms with van der Waals surface area (Å²) in [4.78, 5) is 16.6. The fourth-order valence-electron chi connectivity index (χ4n) is 2.25. The van der Waals surface area contributed by atoms with Gasteiger partial charge in [0.1, 0.15) is 0 Å². The van der Waals surface area contributed by atoms with Crippen molar-refractivity contribution in [2.75, 3.05) is 11.4 Å². The van der Waals surface area contributed by atoms with E-state index in [-0.39, 0.29) is 5.91 Å². The van der Waals surface area contributed by atoms with E-state index in [0.29, 0.717) is 6.54 Å². The predicted molar refractivity (Wildman–Crippen MR) is 87.1 cm³/mol. The van der Waals surface area contributed by atoms with Crippen molar-refractivity contribution >= 4 is 22.9 Å². The highest BCUT2D eigenvalue weighted by atomic mass is 32.1. The van der Waals surface area contributed by atoms with Gasteiger partial charge in [-0.25, -0.2) is 0 Å². The number of amides is 1. The van der Waals surface area contributed by atoms with Gasteiger partial charge < -0.3 is 4.90 Å². The molecule has 1 aromatic carbocycles. The topological polar surface area (TPSA) is 20.3 Å². The SMILES string of the molecule is CCN(C(=O)c1cc(C)c(C)s1)c1cc(C)ccc1C. The summed E-state index contributed by atoms with van der Waals surface area (Å²) in [5.41, 5.74) is 4.52. The average Bonchev–Trinajstić information content (AvgIpc) is 2.74. The Balaban J connectivity index is 2.41. The molecule has 0 aliphatic rings. The molecule has 0 unspecified atom stereocenters. The lowest BCUT2D eigenvalue weighted by Gasteiger charge is -2.23. The predicted octanol–water partition coefficient (Wildman–Crippen LogP) is 4.65. The first kappa shape index (κ1) is 14.8. The third-order valence-corrected chi connectivity index (χ3v) is 4.73. The minimum atomic E-state index is 0.0994. The van der Waals surface area contributed by atoms with Gasteiger partial charge in [0.15, 0.2) is 0 Å². The van der Waals surface area contributed by atoms with Crippen LogP contribution in [-0.4, -0.2) is 12.5 Å². The van der Waals surface area contributed by atoms with Crippen LogP contribution in [0.5, 0.6) is 0 Å². The van der Waals surface area contributed by atoms with E-state index in [4.69, 9.17) is 0 Å². The molecule has 0 aliphatic carbocycles. The molecule has 0 saturated carbocycles. The molecule has 0 N–H and O–H groups in total. The first-order valence-corrected chi connectivity index (χ1v) is 7.71. The van der Waals surface area contributed by atoms with E-state index in [9.17, 15) is 4.79 Å². The number of carbonyl (C=O) groups is 1. The first-order chi connectivity index (χ1) is 9.43. The van der Waals surface area contributed by atoms with Crippen molar-refractivity contribution in [3.8, 4) is 0 Å². The number of hydrogen-bond acceptors (Lipinski definition) is 2. The summed E-state index contributed by atoms with van der Waals surface area (Å²) in [5.74, 6) is 0.0994. The maximum Gasteiger partial charge on any atom is 0.268 e. The Labute approximate surface area is 125 Å². The van der Waals surface area contributed by atoms with Crippen LogP contribution in [0.15, 0.2) is 24.3 Å². The number of carbonyl (C=O) groups excluding carboxylic acids is 1. The van der Waals surface area contributed by atoms with Crippen molar-refractivity contribution in [1.82, 2.24) is 0 Å². The van der Waals surface area contributed by atoms with Gasteiger partial charge in [-0.2, -0.15) is 0 Å². The van der Waals surface area contributed by atoms with Gasteiger partial charge in [0.2, 0.25) is 0 Å². The normalized spacial score (nSPS) is 10.7. The molecule has 0 fully saturated rings. The summed E-state index contributed by atoms with van der Waals surface area (Å²) in [5, 5.41) is 0. The van der Waals surface area contributed by atoms with E-state index in [1.165, 1.54) is 16.0 Å². The Morgan fingerprint density at radius 1 is 1.10 bits per heavy atom. The van der Waals surface area contributed by atoms with E-state index >= 15 is 0 Å². The van der Waals surface area contributed by atoms with Gasteiger partial charge in [-0.05, 0) is 63.4 Å². The number of aryl methyl sites for hydroxylation is 4. The summed E-state index contributed by atoms with van der Waals surface area (Å²) < 4.78 is 0. The van der Waals surface area contributed by atoms with Gasteiger partial charge in [0.05, 0.1) is 4.88 Å². The quantitative estimate of drug-likeness (QED) is 0.804. The summed E-state index contributed by atoms with van der Waals surface area (Å²) in [6.07, 6.45) is 0. The zero-order chi connectivity index (χ0) is 14.9. The summed E-state index contributed by atoms with van der Waals surface area (Å²) >= 11 is 1.58. The van der Waals surface area contributed by atoms with Gasteiger partial charge >= 0.3 is 0 Å². The van der Waals surface area contributed by atoms with Gasteiger partial charge in [-0.15, -0.1) is 11.3 Å². The molecule has 2 nitrogen and oxygen atoms in total. The Hall–Kier alpha value is -1.61. The number of benzene rings is 1. The lowest BCUT2D eigenvalue weighted by Crippen LogP contribution is -2.30. The fraction of sp³-hybridized carbons (Fsp3) is 0.353. The third kappa shape index (κ3) is 2.78. The summed E-state index contributed by atoms with van der Waals surface area (Å²) in [6, 6.07) is 8.24. The maximum absolute atomic E-state index is 12.7. The van der Waals surface area contributed by atoms with Crippen LogP contribution in [0, 0.1) is 27.7 Å². The minimum absolute atomic E-state index is 0.0994. The molecule has 0 saturated heterocycles. The lowest BCUT2D eigenvalue weighted by atomic mass is 10.1. The molecule has 0 radical (unpaired) electrons. The molecule has 1 heterocycles. The van der Waals surface area contributed by atoms with Crippen molar-refractivity contribution in [3.63, 3.8) is 0 Å². The van der Waals surface area contributed by atoms with E-state index in [0.717, 1.165) is 16.1 Å². The van der Waals surface area contributed by atoms with Crippen molar-refractivity contribution in [2.45, 2.75) is 34.6 Å². The van der Waals surface area contributed by atoms with E-state index in [1.807, 2.05) is 17.9 Å². The molecule has 2 aromatic rings. The van der Waals surface area contributed by atoms with Crippen LogP contribution < -0.4 is 4.90 Å². The van der Waals surface area contributed by atoms with Crippen molar-refractivity contribution < 1.29 is 4.79 Å². The molecule has 0 bridgehead atoms. The highest BCUT2D eigenvalue weighted by molar-refractivity contribution is 7.14. The fourth-order valence-corrected chi connectivity index (χ4v) is 3.23. The van der Waals surface area contributed by atoms with Crippen LogP contribution in [0.1, 0.15) is 38.2 Å². The molecule has 1 amide bonds. The highest BCUT2D eigenvalue weighted by Gasteiger charge is 2.20. The Morgan fingerprint density at radius 3 is 2.35 bits per heavy atom. The zero-order valence-corrected chi connectivity index (χ0v) is 13.6. The molecule has 0 atom stereocenters. The van der Waals surface area contributed by atoms with Crippen LogP contribution in [0.3, 0.4) is 0 Å². The Morgan fingerprint density at radius 2 is 1.80 bits per heavy atom. The molecule has 0 spiro atoms. The zero-order valence-electron chi connectivity index (χ0n) is 12.8. The molecular weight excluding hydrogens is 266 g/mol. The summed E-state index contributed by atoms with van der Waals surface area (Å²) in [7, 11) is 0. The van der Waals surface area contributed by atoms with Crippen LogP contribution in [0.2, 0.25) is 0 Å². The smallest absolute Gasteiger partial charge is 0.268 e. The molecular formula is C17H21NOS. The molecule has 106 valence electrons. The number of thiophene rings is 1. The largest absolute Gasteiger partial charge is 0.308 e. The third-order valence-electron chi connectivity index (χ3n) is 3.59. The van der Waals surface area contributed by atoms with Gasteiger partial charge in [-0.3, -0.25) is 4.79 Å². The number of nitrogens with zero attached hydrogens (tertiary/aromatic N) is 1. The van der Waals surface area contributed by atoms with Crippen LogP contribution in [-0.2, 0) is 0 Å². The van der Waals surface area contributed by atoms with Crippen LogP contribution in [0.4, 0.5) is 5.69 Å². The standard InChI is InChI=1S/C17H21NOS/c1-6-18(15-9-11(2)7-8-12(15)3)17(19)16-10-13(4)14(5)20-16/h7-10H,6H2,1-5H3. The van der Waals surface area contributed by atoms with Gasteiger partial charge in [0, 0.05) is 17.1 Å². The van der Waals surface area contributed by atoms with Crippen molar-refractivity contribution in [3.05, 3.63) is 50.7 Å². The first-order valence-electron chi connectivity index (χ1n) is 6.90. The molecule has 1 aromatic heterocycles. The summed E-state index contributed by atoms with van der Waals surface area (Å²) in [6.45, 7) is 10.9. The number of hydrogen-bond donors (Lipinski definition) is 0. The van der Waals surface area contributed by atoms with Gasteiger partial charge in [-0.1, -0.05) is 12.1 Å². The lowest BCUT2D eigenvalue weighted by molar-refractivity contribution is 0.0992. The number of rotatable bonds is 3. The Kier molecular flexibility index (Phi) is 4.29. The molecule has 3 heteroatoms. The second kappa shape index (κ2) is 5.80.